The zero-order chi connectivity index (χ0) is 17.8. The number of amides is 2. The lowest BCUT2D eigenvalue weighted by Gasteiger charge is -2.35. The number of rotatable bonds is 3. The number of hydrogen-bond donors (Lipinski definition) is 0. The van der Waals surface area contributed by atoms with Crippen LogP contribution in [0.15, 0.2) is 42.7 Å². The number of aromatic nitrogens is 1. The molecule has 0 aliphatic carbocycles. The molecule has 0 atom stereocenters. The summed E-state index contributed by atoms with van der Waals surface area (Å²) in [6, 6.07) is 6.49. The lowest BCUT2D eigenvalue weighted by Crippen LogP contribution is -2.51. The molecular formula is C18H17F2N3O2. The predicted octanol–water partition coefficient (Wildman–Crippen LogP) is 1.89. The lowest BCUT2D eigenvalue weighted by molar-refractivity contribution is -0.132. The molecule has 1 aliphatic heterocycles. The smallest absolute Gasteiger partial charge is 0.254 e. The van der Waals surface area contributed by atoms with E-state index in [2.05, 4.69) is 4.98 Å². The fourth-order valence-electron chi connectivity index (χ4n) is 2.78. The van der Waals surface area contributed by atoms with Gasteiger partial charge in [0.2, 0.25) is 5.91 Å². The summed E-state index contributed by atoms with van der Waals surface area (Å²) in [5.41, 5.74) is 0.727. The van der Waals surface area contributed by atoms with E-state index in [-0.39, 0.29) is 23.8 Å². The Morgan fingerprint density at radius 3 is 2.24 bits per heavy atom. The first-order chi connectivity index (χ1) is 12.0. The Morgan fingerprint density at radius 2 is 1.60 bits per heavy atom. The van der Waals surface area contributed by atoms with Gasteiger partial charge in [0.15, 0.2) is 0 Å². The monoisotopic (exact) mass is 345 g/mol. The molecule has 1 fully saturated rings. The quantitative estimate of drug-likeness (QED) is 0.854. The predicted molar refractivity (Wildman–Crippen MR) is 86.8 cm³/mol. The van der Waals surface area contributed by atoms with E-state index in [0.29, 0.717) is 31.7 Å². The number of carbonyl (C=O) groups excluding carboxylic acids is 2. The van der Waals surface area contributed by atoms with Gasteiger partial charge in [0.05, 0.1) is 6.42 Å². The van der Waals surface area contributed by atoms with E-state index in [4.69, 9.17) is 0 Å². The van der Waals surface area contributed by atoms with Gasteiger partial charge in [-0.2, -0.15) is 0 Å². The number of pyridine rings is 1. The van der Waals surface area contributed by atoms with Gasteiger partial charge in [0.1, 0.15) is 11.6 Å². The maximum Gasteiger partial charge on any atom is 0.254 e. The molecule has 2 amide bonds. The van der Waals surface area contributed by atoms with Crippen molar-refractivity contribution in [2.45, 2.75) is 6.42 Å². The molecule has 0 spiro atoms. The number of piperazine rings is 1. The Morgan fingerprint density at radius 1 is 0.960 bits per heavy atom. The molecule has 2 heterocycles. The van der Waals surface area contributed by atoms with Crippen LogP contribution in [0.1, 0.15) is 15.9 Å². The van der Waals surface area contributed by atoms with Crippen molar-refractivity contribution >= 4 is 11.8 Å². The first-order valence-electron chi connectivity index (χ1n) is 7.95. The van der Waals surface area contributed by atoms with Crippen LogP contribution in [0.4, 0.5) is 8.78 Å². The van der Waals surface area contributed by atoms with Gasteiger partial charge in [-0.05, 0) is 23.8 Å². The normalized spacial score (nSPS) is 14.5. The molecule has 1 aromatic heterocycles. The fourth-order valence-corrected chi connectivity index (χ4v) is 2.78. The zero-order valence-corrected chi connectivity index (χ0v) is 13.5. The fraction of sp³-hybridized carbons (Fsp3) is 0.278. The van der Waals surface area contributed by atoms with Crippen molar-refractivity contribution in [1.29, 1.82) is 0 Å². The number of benzene rings is 1. The third-order valence-corrected chi connectivity index (χ3v) is 4.20. The summed E-state index contributed by atoms with van der Waals surface area (Å²) in [6.45, 7) is 1.61. The van der Waals surface area contributed by atoms with Crippen LogP contribution in [0.2, 0.25) is 0 Å². The largest absolute Gasteiger partial charge is 0.339 e. The highest BCUT2D eigenvalue weighted by Gasteiger charge is 2.25. The molecule has 0 radical (unpaired) electrons. The zero-order valence-electron chi connectivity index (χ0n) is 13.5. The van der Waals surface area contributed by atoms with Crippen LogP contribution in [0.5, 0.6) is 0 Å². The third-order valence-electron chi connectivity index (χ3n) is 4.20. The number of hydrogen-bond acceptors (Lipinski definition) is 3. The Bertz CT molecular complexity index is 775. The second-order valence-electron chi connectivity index (χ2n) is 5.82. The van der Waals surface area contributed by atoms with Crippen LogP contribution >= 0.6 is 0 Å². The van der Waals surface area contributed by atoms with E-state index < -0.39 is 11.6 Å². The molecule has 7 heteroatoms. The van der Waals surface area contributed by atoms with Crippen molar-refractivity contribution in [3.63, 3.8) is 0 Å². The molecule has 25 heavy (non-hydrogen) atoms. The van der Waals surface area contributed by atoms with E-state index in [0.717, 1.165) is 12.1 Å². The topological polar surface area (TPSA) is 53.5 Å². The van der Waals surface area contributed by atoms with E-state index in [1.54, 1.807) is 34.3 Å². The Kier molecular flexibility index (Phi) is 5.02. The maximum atomic E-state index is 13.7. The van der Waals surface area contributed by atoms with Crippen molar-refractivity contribution < 1.29 is 18.4 Å². The molecule has 0 saturated carbocycles. The Labute approximate surface area is 143 Å². The molecule has 130 valence electrons. The minimum atomic E-state index is -0.722. The molecule has 3 rings (SSSR count). The minimum Gasteiger partial charge on any atom is -0.339 e. The van der Waals surface area contributed by atoms with Gasteiger partial charge < -0.3 is 9.80 Å². The second-order valence-corrected chi connectivity index (χ2v) is 5.82. The standard InChI is InChI=1S/C18H17F2N3O2/c19-15-2-1-14(16(20)12-15)11-17(24)22-7-9-23(10-8-22)18(25)13-3-5-21-6-4-13/h1-6,12H,7-11H2. The number of nitrogens with zero attached hydrogens (tertiary/aromatic N) is 3. The third kappa shape index (κ3) is 3.99. The summed E-state index contributed by atoms with van der Waals surface area (Å²) in [4.78, 5) is 31.8. The summed E-state index contributed by atoms with van der Waals surface area (Å²) in [5.74, 6) is -1.72. The average Bonchev–Trinajstić information content (AvgIpc) is 2.64. The molecule has 2 aromatic rings. The number of carbonyl (C=O) groups is 2. The first kappa shape index (κ1) is 17.0. The van der Waals surface area contributed by atoms with Crippen LogP contribution in [-0.2, 0) is 11.2 Å². The van der Waals surface area contributed by atoms with Gasteiger partial charge >= 0.3 is 0 Å². The van der Waals surface area contributed by atoms with Crippen LogP contribution in [0.25, 0.3) is 0 Å². The van der Waals surface area contributed by atoms with E-state index in [1.165, 1.54) is 6.07 Å². The van der Waals surface area contributed by atoms with Crippen molar-refractivity contribution in [3.8, 4) is 0 Å². The summed E-state index contributed by atoms with van der Waals surface area (Å²) in [6.07, 6.45) is 3.00. The second kappa shape index (κ2) is 7.38. The highest BCUT2D eigenvalue weighted by atomic mass is 19.1. The van der Waals surface area contributed by atoms with E-state index in [9.17, 15) is 18.4 Å². The van der Waals surface area contributed by atoms with Crippen molar-refractivity contribution in [1.82, 2.24) is 14.8 Å². The van der Waals surface area contributed by atoms with Gasteiger partial charge in [0, 0.05) is 50.2 Å². The molecular weight excluding hydrogens is 328 g/mol. The van der Waals surface area contributed by atoms with Gasteiger partial charge in [0.25, 0.3) is 5.91 Å². The summed E-state index contributed by atoms with van der Waals surface area (Å²) < 4.78 is 26.6. The summed E-state index contributed by atoms with van der Waals surface area (Å²) >= 11 is 0. The van der Waals surface area contributed by atoms with Crippen molar-refractivity contribution in [2.24, 2.45) is 0 Å². The van der Waals surface area contributed by atoms with Crippen LogP contribution in [0, 0.1) is 11.6 Å². The average molecular weight is 345 g/mol. The summed E-state index contributed by atoms with van der Waals surface area (Å²) in [5, 5.41) is 0. The van der Waals surface area contributed by atoms with Crippen molar-refractivity contribution in [2.75, 3.05) is 26.2 Å². The number of halogens is 2. The Hall–Kier alpha value is -2.83. The van der Waals surface area contributed by atoms with Gasteiger partial charge in [-0.3, -0.25) is 14.6 Å². The molecule has 1 saturated heterocycles. The van der Waals surface area contributed by atoms with Gasteiger partial charge in [-0.1, -0.05) is 6.07 Å². The minimum absolute atomic E-state index is 0.0981. The lowest BCUT2D eigenvalue weighted by atomic mass is 10.1. The van der Waals surface area contributed by atoms with E-state index in [1.807, 2.05) is 0 Å². The molecule has 1 aromatic carbocycles. The molecule has 1 aliphatic rings. The highest BCUT2D eigenvalue weighted by Crippen LogP contribution is 2.13. The van der Waals surface area contributed by atoms with Crippen LogP contribution in [-0.4, -0.2) is 52.8 Å². The molecule has 0 bridgehead atoms. The highest BCUT2D eigenvalue weighted by molar-refractivity contribution is 5.94. The molecule has 0 unspecified atom stereocenters. The van der Waals surface area contributed by atoms with Gasteiger partial charge in [-0.15, -0.1) is 0 Å². The van der Waals surface area contributed by atoms with E-state index >= 15 is 0 Å². The van der Waals surface area contributed by atoms with Gasteiger partial charge in [-0.25, -0.2) is 8.78 Å². The molecule has 0 N–H and O–H groups in total. The van der Waals surface area contributed by atoms with Crippen LogP contribution in [0.3, 0.4) is 0 Å². The first-order valence-corrected chi connectivity index (χ1v) is 7.95. The summed E-state index contributed by atoms with van der Waals surface area (Å²) in [7, 11) is 0. The van der Waals surface area contributed by atoms with Crippen LogP contribution < -0.4 is 0 Å². The molecule has 5 nitrogen and oxygen atoms in total. The van der Waals surface area contributed by atoms with Crippen molar-refractivity contribution in [3.05, 3.63) is 65.5 Å². The Balaban J connectivity index is 1.56. The SMILES string of the molecule is O=C(Cc1ccc(F)cc1F)N1CCN(C(=O)c2ccncc2)CC1. The maximum absolute atomic E-state index is 13.7.